The largest absolute Gasteiger partial charge is 0.449 e. The molecule has 0 saturated carbocycles. The van der Waals surface area contributed by atoms with Crippen molar-refractivity contribution in [1.29, 1.82) is 5.26 Å². The summed E-state index contributed by atoms with van der Waals surface area (Å²) >= 11 is 0. The molecule has 1 N–H and O–H groups in total. The van der Waals surface area contributed by atoms with E-state index in [4.69, 9.17) is 10.00 Å². The molecular weight excluding hydrogens is 270 g/mol. The zero-order chi connectivity index (χ0) is 16.0. The van der Waals surface area contributed by atoms with Gasteiger partial charge in [0.25, 0.3) is 0 Å². The molecule has 0 aliphatic carbocycles. The lowest BCUT2D eigenvalue weighted by molar-refractivity contribution is -0.140. The van der Waals surface area contributed by atoms with Crippen molar-refractivity contribution in [2.75, 3.05) is 13.2 Å². The fourth-order valence-corrected chi connectivity index (χ4v) is 2.06. The lowest BCUT2D eigenvalue weighted by Crippen LogP contribution is -2.59. The van der Waals surface area contributed by atoms with E-state index < -0.39 is 12.1 Å². The molecule has 3 atom stereocenters. The topological polar surface area (TPSA) is 82.4 Å². The third-order valence-corrected chi connectivity index (χ3v) is 3.75. The molecule has 1 heterocycles. The maximum absolute atomic E-state index is 12.5. The first-order valence-corrected chi connectivity index (χ1v) is 7.54. The molecule has 1 aliphatic rings. The first-order valence-electron chi connectivity index (χ1n) is 7.54. The fraction of sp³-hybridized carbons (Fsp3) is 0.800. The van der Waals surface area contributed by atoms with E-state index in [1.165, 1.54) is 4.90 Å². The van der Waals surface area contributed by atoms with Gasteiger partial charge in [-0.25, -0.2) is 4.79 Å². The molecule has 6 heteroatoms. The summed E-state index contributed by atoms with van der Waals surface area (Å²) in [6, 6.07) is 1.10. The minimum Gasteiger partial charge on any atom is -0.449 e. The van der Waals surface area contributed by atoms with Crippen molar-refractivity contribution in [1.82, 2.24) is 10.2 Å². The predicted octanol–water partition coefficient (Wildman–Crippen LogP) is 1.91. The van der Waals surface area contributed by atoms with Crippen LogP contribution < -0.4 is 5.32 Å². The van der Waals surface area contributed by atoms with Gasteiger partial charge in [0.1, 0.15) is 12.1 Å². The van der Waals surface area contributed by atoms with Crippen LogP contribution in [0.2, 0.25) is 0 Å². The van der Waals surface area contributed by atoms with Crippen LogP contribution >= 0.6 is 0 Å². The lowest BCUT2D eigenvalue weighted by Gasteiger charge is -2.39. The number of rotatable bonds is 6. The first-order chi connectivity index (χ1) is 9.90. The minimum atomic E-state index is -0.634. The molecule has 1 unspecified atom stereocenters. The molecule has 118 valence electrons. The Morgan fingerprint density at radius 3 is 2.52 bits per heavy atom. The number of nitrogens with one attached hydrogen (secondary N) is 1. The molecule has 0 aromatic rings. The normalized spacial score (nSPS) is 20.2. The Morgan fingerprint density at radius 1 is 1.43 bits per heavy atom. The second-order valence-electron chi connectivity index (χ2n) is 5.97. The maximum atomic E-state index is 12.5. The summed E-state index contributed by atoms with van der Waals surface area (Å²) in [5, 5.41) is 11.6. The zero-order valence-electron chi connectivity index (χ0n) is 13.3. The van der Waals surface area contributed by atoms with Crippen LogP contribution in [0.5, 0.6) is 0 Å². The van der Waals surface area contributed by atoms with E-state index in [-0.39, 0.29) is 23.8 Å². The monoisotopic (exact) mass is 295 g/mol. The number of amides is 2. The second-order valence-corrected chi connectivity index (χ2v) is 5.97. The van der Waals surface area contributed by atoms with Crippen molar-refractivity contribution in [2.24, 2.45) is 11.8 Å². The van der Waals surface area contributed by atoms with Gasteiger partial charge in [-0.3, -0.25) is 4.79 Å². The van der Waals surface area contributed by atoms with Crippen molar-refractivity contribution in [3.63, 3.8) is 0 Å². The summed E-state index contributed by atoms with van der Waals surface area (Å²) in [6.45, 7) is 8.66. The highest BCUT2D eigenvalue weighted by Gasteiger charge is 2.38. The van der Waals surface area contributed by atoms with E-state index in [1.54, 1.807) is 0 Å². The molecule has 1 fully saturated rings. The van der Waals surface area contributed by atoms with Crippen molar-refractivity contribution in [3.05, 3.63) is 0 Å². The van der Waals surface area contributed by atoms with Crippen LogP contribution in [-0.4, -0.2) is 42.1 Å². The van der Waals surface area contributed by atoms with Gasteiger partial charge in [0.2, 0.25) is 5.91 Å². The Morgan fingerprint density at radius 2 is 2.10 bits per heavy atom. The predicted molar refractivity (Wildman–Crippen MR) is 78.3 cm³/mol. The number of alkyl carbamates (subject to hydrolysis) is 1. The van der Waals surface area contributed by atoms with Gasteiger partial charge >= 0.3 is 6.09 Å². The summed E-state index contributed by atoms with van der Waals surface area (Å²) in [5.41, 5.74) is 0. The first kappa shape index (κ1) is 17.3. The summed E-state index contributed by atoms with van der Waals surface area (Å²) in [7, 11) is 0. The fourth-order valence-electron chi connectivity index (χ4n) is 2.06. The highest BCUT2D eigenvalue weighted by molar-refractivity contribution is 5.87. The molecule has 0 radical (unpaired) electrons. The number of nitriles is 1. The Kier molecular flexibility index (Phi) is 6.47. The average molecular weight is 295 g/mol. The molecule has 2 amide bonds. The van der Waals surface area contributed by atoms with Gasteiger partial charge in [0, 0.05) is 6.54 Å². The highest BCUT2D eigenvalue weighted by Crippen LogP contribution is 2.21. The van der Waals surface area contributed by atoms with E-state index in [2.05, 4.69) is 11.4 Å². The number of carbonyl (C=O) groups excluding carboxylic acids is 2. The van der Waals surface area contributed by atoms with Crippen molar-refractivity contribution in [2.45, 2.75) is 52.6 Å². The van der Waals surface area contributed by atoms with Gasteiger partial charge in [-0.1, -0.05) is 34.1 Å². The van der Waals surface area contributed by atoms with Gasteiger partial charge in [-0.05, 0) is 18.3 Å². The van der Waals surface area contributed by atoms with E-state index >= 15 is 0 Å². The molecule has 6 nitrogen and oxygen atoms in total. The second kappa shape index (κ2) is 7.87. The standard InChI is InChI=1S/C15H25N3O3/c1-5-11(4)13(17-15(20)21-9-10(2)3)14(19)18-7-6-12(18)8-16/h10-13H,5-7,9H2,1-4H3,(H,17,20)/t11?,12-,13-/m0/s1. The van der Waals surface area contributed by atoms with E-state index in [0.717, 1.165) is 6.42 Å². The van der Waals surface area contributed by atoms with Gasteiger partial charge in [0.05, 0.1) is 12.7 Å². The third kappa shape index (κ3) is 4.62. The quantitative estimate of drug-likeness (QED) is 0.811. The maximum Gasteiger partial charge on any atom is 0.407 e. The number of carbonyl (C=O) groups is 2. The average Bonchev–Trinajstić information content (AvgIpc) is 2.40. The van der Waals surface area contributed by atoms with Crippen LogP contribution in [-0.2, 0) is 9.53 Å². The number of hydrogen-bond acceptors (Lipinski definition) is 4. The Balaban J connectivity index is 2.66. The number of ether oxygens (including phenoxy) is 1. The Bertz CT molecular complexity index is 417. The van der Waals surface area contributed by atoms with E-state index in [0.29, 0.717) is 19.6 Å². The smallest absolute Gasteiger partial charge is 0.407 e. The van der Waals surface area contributed by atoms with Gasteiger partial charge in [-0.2, -0.15) is 5.26 Å². The summed E-state index contributed by atoms with van der Waals surface area (Å²) in [6.07, 6.45) is 0.885. The molecule has 1 aliphatic heterocycles. The van der Waals surface area contributed by atoms with Crippen LogP contribution in [0.1, 0.15) is 40.5 Å². The summed E-state index contributed by atoms with van der Waals surface area (Å²) in [5.74, 6) is 0.0412. The van der Waals surface area contributed by atoms with Crippen molar-refractivity contribution >= 4 is 12.0 Å². The van der Waals surface area contributed by atoms with Crippen molar-refractivity contribution in [3.8, 4) is 6.07 Å². The van der Waals surface area contributed by atoms with E-state index in [9.17, 15) is 9.59 Å². The molecule has 0 aromatic heterocycles. The molecule has 0 aromatic carbocycles. The highest BCUT2D eigenvalue weighted by atomic mass is 16.5. The van der Waals surface area contributed by atoms with Gasteiger partial charge < -0.3 is 15.0 Å². The Labute approximate surface area is 126 Å². The third-order valence-electron chi connectivity index (χ3n) is 3.75. The minimum absolute atomic E-state index is 0.0101. The molecular formula is C15H25N3O3. The summed E-state index contributed by atoms with van der Waals surface area (Å²) in [4.78, 5) is 25.8. The van der Waals surface area contributed by atoms with Crippen molar-refractivity contribution < 1.29 is 14.3 Å². The van der Waals surface area contributed by atoms with E-state index in [1.807, 2.05) is 27.7 Å². The molecule has 0 spiro atoms. The Hall–Kier alpha value is -1.77. The van der Waals surface area contributed by atoms with Gasteiger partial charge in [-0.15, -0.1) is 0 Å². The van der Waals surface area contributed by atoms with Crippen LogP contribution in [0.15, 0.2) is 0 Å². The summed E-state index contributed by atoms with van der Waals surface area (Å²) < 4.78 is 5.08. The molecule has 1 rings (SSSR count). The van der Waals surface area contributed by atoms with Crippen LogP contribution in [0.4, 0.5) is 4.79 Å². The van der Waals surface area contributed by atoms with Gasteiger partial charge in [0.15, 0.2) is 0 Å². The van der Waals surface area contributed by atoms with Crippen LogP contribution in [0.3, 0.4) is 0 Å². The molecule has 1 saturated heterocycles. The zero-order valence-corrected chi connectivity index (χ0v) is 13.3. The lowest BCUT2D eigenvalue weighted by atomic mass is 9.94. The SMILES string of the molecule is CCC(C)[C@H](NC(=O)OCC(C)C)C(=O)N1CC[C@H]1C#N. The van der Waals surface area contributed by atoms with Crippen LogP contribution in [0, 0.1) is 23.2 Å². The molecule has 0 bridgehead atoms. The van der Waals surface area contributed by atoms with Crippen LogP contribution in [0.25, 0.3) is 0 Å². The number of hydrogen-bond donors (Lipinski definition) is 1. The number of nitrogens with zero attached hydrogens (tertiary/aromatic N) is 2. The molecule has 21 heavy (non-hydrogen) atoms. The number of likely N-dealkylation sites (tertiary alicyclic amines) is 1.